The van der Waals surface area contributed by atoms with Crippen LogP contribution < -0.4 is 0 Å². The second-order valence-electron chi connectivity index (χ2n) is 0.283. The Morgan fingerprint density at radius 2 is 1.33 bits per heavy atom. The second-order valence-corrected chi connectivity index (χ2v) is 0.283. The Kier molecular flexibility index (Phi) is 26.7. The normalized spacial score (nSPS) is 4.00. The number of carboxylic acid groups (broad SMARTS) is 2. The van der Waals surface area contributed by atoms with Crippen LogP contribution in [0.4, 0.5) is 4.79 Å². The Labute approximate surface area is 37.9 Å². The summed E-state index contributed by atoms with van der Waals surface area (Å²) in [6.45, 7) is 0. The number of rotatable bonds is 0. The van der Waals surface area contributed by atoms with E-state index in [-0.39, 0.29) is 15.6 Å². The molecule has 0 aliphatic rings. The third-order valence-corrected chi connectivity index (χ3v) is 0. The third-order valence-electron chi connectivity index (χ3n) is 0. The Bertz CT molecular complexity index is 30.5. The Hall–Kier alpha value is -0.601. The molecule has 4 nitrogen and oxygen atoms in total. The van der Waals surface area contributed by atoms with E-state index in [1.807, 2.05) is 0 Å². The minimum absolute atomic E-state index is 0. The molecule has 0 saturated heterocycles. The van der Waals surface area contributed by atoms with Crippen molar-refractivity contribution in [3.05, 3.63) is 0 Å². The molecule has 0 aromatic carbocycles. The van der Waals surface area contributed by atoms with Crippen molar-refractivity contribution in [2.75, 3.05) is 0 Å². The summed E-state index contributed by atoms with van der Waals surface area (Å²) in [5.41, 5.74) is 0. The Balaban J connectivity index is -0.0000000450. The predicted molar refractivity (Wildman–Crippen MR) is 22.8 cm³/mol. The van der Waals surface area contributed by atoms with Gasteiger partial charge in [-0.3, -0.25) is 0 Å². The van der Waals surface area contributed by atoms with Crippen LogP contribution in [0.1, 0.15) is 0 Å². The van der Waals surface area contributed by atoms with Crippen LogP contribution in [0.5, 0.6) is 0 Å². The average Bonchev–Trinajstić information content (AvgIpc) is 0.811. The fourth-order valence-electron chi connectivity index (χ4n) is 0. The third kappa shape index (κ3) is 54.1. The quantitative estimate of drug-likeness (QED) is 0.355. The van der Waals surface area contributed by atoms with Crippen molar-refractivity contribution in [2.45, 2.75) is 0 Å². The fraction of sp³-hybridized carbons (Fsp3) is 0. The first kappa shape index (κ1) is 18.2. The molecule has 0 fully saturated rings. The van der Waals surface area contributed by atoms with Crippen molar-refractivity contribution in [2.24, 2.45) is 0 Å². The monoisotopic (exact) mass is 91.0 g/mol. The van der Waals surface area contributed by atoms with Crippen LogP contribution in [-0.4, -0.2) is 32.0 Å². The molecule has 0 rings (SSSR count). The molecule has 0 spiro atoms. The van der Waals surface area contributed by atoms with Gasteiger partial charge in [0.1, 0.15) is 0 Å². The maximum atomic E-state index is 8.56. The first-order valence-corrected chi connectivity index (χ1v) is 0.651. The minimum atomic E-state index is -1.83. The molecule has 36 valence electrons. The molecule has 4 N–H and O–H groups in total. The summed E-state index contributed by atoms with van der Waals surface area (Å²) < 4.78 is 0. The van der Waals surface area contributed by atoms with E-state index in [9.17, 15) is 0 Å². The summed E-state index contributed by atoms with van der Waals surface area (Å²) in [6.07, 6.45) is -1.83. The van der Waals surface area contributed by atoms with Crippen LogP contribution in [0.25, 0.3) is 0 Å². The van der Waals surface area contributed by atoms with E-state index in [1.165, 1.54) is 0 Å². The van der Waals surface area contributed by atoms with Gasteiger partial charge in [-0.2, -0.15) is 0 Å². The first-order chi connectivity index (χ1) is 1.73. The van der Waals surface area contributed by atoms with Gasteiger partial charge in [-0.25, -0.2) is 4.79 Å². The molecule has 0 unspecified atom stereocenters. The van der Waals surface area contributed by atoms with Crippen LogP contribution in [0.3, 0.4) is 0 Å². The number of carbonyl (C=O) groups is 1. The molecule has 0 amide bonds. The average molecular weight is 91.1 g/mol. The molecule has 0 saturated carbocycles. The standard InChI is InChI=1S/CH2O3.Be.H2O.2H/c2-1(3)4;;;;/h(H2,2,3,4);;1H2;;. The van der Waals surface area contributed by atoms with E-state index in [1.54, 1.807) is 0 Å². The summed E-state index contributed by atoms with van der Waals surface area (Å²) >= 11 is 0. The molecule has 0 aromatic rings. The van der Waals surface area contributed by atoms with Crippen LogP contribution in [0.15, 0.2) is 0 Å². The molecular weight excluding hydrogens is 85.0 g/mol. The van der Waals surface area contributed by atoms with Crippen molar-refractivity contribution >= 4 is 16.3 Å². The van der Waals surface area contributed by atoms with Crippen molar-refractivity contribution in [1.29, 1.82) is 0 Å². The van der Waals surface area contributed by atoms with Gasteiger partial charge in [-0.15, -0.1) is 0 Å². The molecule has 0 atom stereocenters. The van der Waals surface area contributed by atoms with Crippen molar-refractivity contribution in [3.8, 4) is 0 Å². The molecule has 5 heteroatoms. The van der Waals surface area contributed by atoms with Gasteiger partial charge < -0.3 is 15.7 Å². The molecule has 0 aliphatic heterocycles. The van der Waals surface area contributed by atoms with Gasteiger partial charge in [-0.05, 0) is 0 Å². The van der Waals surface area contributed by atoms with Gasteiger partial charge in [0, 0.05) is 0 Å². The Morgan fingerprint density at radius 3 is 1.33 bits per heavy atom. The van der Waals surface area contributed by atoms with Crippen LogP contribution in [-0.2, 0) is 0 Å². The van der Waals surface area contributed by atoms with E-state index in [2.05, 4.69) is 0 Å². The molecular formula is CH6BeO4. The van der Waals surface area contributed by atoms with Gasteiger partial charge in [0.15, 0.2) is 0 Å². The fourth-order valence-corrected chi connectivity index (χ4v) is 0. The summed E-state index contributed by atoms with van der Waals surface area (Å²) in [5, 5.41) is 13.9. The number of hydrogen-bond donors (Lipinski definition) is 2. The van der Waals surface area contributed by atoms with Gasteiger partial charge in [0.05, 0.1) is 0 Å². The van der Waals surface area contributed by atoms with Gasteiger partial charge in [-0.1, -0.05) is 0 Å². The van der Waals surface area contributed by atoms with E-state index >= 15 is 0 Å². The zero-order valence-electron chi connectivity index (χ0n) is 2.30. The predicted octanol–water partition coefficient (Wildman–Crippen LogP) is -1.52. The second kappa shape index (κ2) is 8.83. The molecule has 0 aliphatic carbocycles. The van der Waals surface area contributed by atoms with Crippen molar-refractivity contribution in [1.82, 2.24) is 0 Å². The topological polar surface area (TPSA) is 89.0 Å². The summed E-state index contributed by atoms with van der Waals surface area (Å²) in [4.78, 5) is 8.56. The molecule has 0 heterocycles. The van der Waals surface area contributed by atoms with E-state index in [4.69, 9.17) is 15.0 Å². The molecule has 0 aromatic heterocycles. The van der Waals surface area contributed by atoms with Gasteiger partial charge >= 0.3 is 16.3 Å². The van der Waals surface area contributed by atoms with Crippen LogP contribution >= 0.6 is 0 Å². The zero-order chi connectivity index (χ0) is 3.58. The van der Waals surface area contributed by atoms with Gasteiger partial charge in [0.2, 0.25) is 0 Å². The van der Waals surface area contributed by atoms with Crippen LogP contribution in [0, 0.1) is 0 Å². The summed E-state index contributed by atoms with van der Waals surface area (Å²) in [6, 6.07) is 0. The van der Waals surface area contributed by atoms with Crippen molar-refractivity contribution < 1.29 is 20.5 Å². The van der Waals surface area contributed by atoms with E-state index in [0.29, 0.717) is 0 Å². The van der Waals surface area contributed by atoms with E-state index in [0.717, 1.165) is 0 Å². The summed E-state index contributed by atoms with van der Waals surface area (Å²) in [5.74, 6) is 0. The molecule has 0 radical (unpaired) electrons. The Morgan fingerprint density at radius 1 is 1.33 bits per heavy atom. The van der Waals surface area contributed by atoms with E-state index < -0.39 is 6.16 Å². The molecule has 6 heavy (non-hydrogen) atoms. The van der Waals surface area contributed by atoms with Crippen LogP contribution in [0.2, 0.25) is 0 Å². The SMILES string of the molecule is O.O=C(O)O.[BeH2]. The zero-order valence-corrected chi connectivity index (χ0v) is 2.30. The summed E-state index contributed by atoms with van der Waals surface area (Å²) in [7, 11) is 0. The van der Waals surface area contributed by atoms with Gasteiger partial charge in [0.25, 0.3) is 0 Å². The van der Waals surface area contributed by atoms with Crippen molar-refractivity contribution in [3.63, 3.8) is 0 Å². The first-order valence-electron chi connectivity index (χ1n) is 0.651. The number of hydrogen-bond acceptors (Lipinski definition) is 1. The maximum absolute atomic E-state index is 8.56. The molecule has 0 bridgehead atoms.